The molecule has 7 nitrogen and oxygen atoms in total. The SMILES string of the molecule is CCCC(CO)Nc1cc(NS(C)(=O)=O)nc(SCc2ccccc2)n1. The molecular formula is C17H24N4O3S2. The molecule has 142 valence electrons. The second-order valence-electron chi connectivity index (χ2n) is 5.88. The standard InChI is InChI=1S/C17H24N4O3S2/c1-3-7-14(11-22)18-15-10-16(21-26(2,23)24)20-17(19-15)25-12-13-8-5-4-6-9-13/h4-6,8-10,14,22H,3,7,11-12H2,1-2H3,(H2,18,19,20,21). The Kier molecular flexibility index (Phi) is 7.67. The van der Waals surface area contributed by atoms with Crippen LogP contribution in [0.15, 0.2) is 41.6 Å². The first kappa shape index (κ1) is 20.5. The lowest BCUT2D eigenvalue weighted by Crippen LogP contribution is -2.24. The van der Waals surface area contributed by atoms with Crippen molar-refractivity contribution in [3.63, 3.8) is 0 Å². The summed E-state index contributed by atoms with van der Waals surface area (Å²) < 4.78 is 25.5. The summed E-state index contributed by atoms with van der Waals surface area (Å²) in [6.07, 6.45) is 2.77. The number of thioether (sulfide) groups is 1. The minimum atomic E-state index is -3.45. The molecule has 0 fully saturated rings. The molecule has 1 atom stereocenters. The number of nitrogens with zero attached hydrogens (tertiary/aromatic N) is 2. The molecule has 0 spiro atoms. The molecule has 3 N–H and O–H groups in total. The Morgan fingerprint density at radius 2 is 1.88 bits per heavy atom. The highest BCUT2D eigenvalue weighted by atomic mass is 32.2. The molecule has 0 radical (unpaired) electrons. The van der Waals surface area contributed by atoms with Gasteiger partial charge in [-0.3, -0.25) is 4.72 Å². The number of aromatic nitrogens is 2. The number of rotatable bonds is 10. The summed E-state index contributed by atoms with van der Waals surface area (Å²) in [5.41, 5.74) is 1.12. The zero-order valence-corrected chi connectivity index (χ0v) is 16.5. The van der Waals surface area contributed by atoms with Crippen LogP contribution in [0.25, 0.3) is 0 Å². The van der Waals surface area contributed by atoms with Gasteiger partial charge in [-0.05, 0) is 12.0 Å². The molecule has 0 bridgehead atoms. The van der Waals surface area contributed by atoms with Crippen LogP contribution in [0.1, 0.15) is 25.3 Å². The van der Waals surface area contributed by atoms with Gasteiger partial charge in [0.1, 0.15) is 11.6 Å². The summed E-state index contributed by atoms with van der Waals surface area (Å²) in [7, 11) is -3.45. The molecule has 2 aromatic rings. The molecule has 1 aromatic carbocycles. The fourth-order valence-electron chi connectivity index (χ4n) is 2.29. The molecule has 2 rings (SSSR count). The number of nitrogens with one attached hydrogen (secondary N) is 2. The van der Waals surface area contributed by atoms with Crippen LogP contribution in [-0.2, 0) is 15.8 Å². The number of aliphatic hydroxyl groups is 1. The molecular weight excluding hydrogens is 372 g/mol. The molecule has 0 amide bonds. The van der Waals surface area contributed by atoms with Crippen LogP contribution < -0.4 is 10.0 Å². The monoisotopic (exact) mass is 396 g/mol. The summed E-state index contributed by atoms with van der Waals surface area (Å²) in [5, 5.41) is 13.1. The van der Waals surface area contributed by atoms with Crippen molar-refractivity contribution in [1.82, 2.24) is 9.97 Å². The van der Waals surface area contributed by atoms with Crippen molar-refractivity contribution >= 4 is 33.4 Å². The van der Waals surface area contributed by atoms with Crippen molar-refractivity contribution in [2.75, 3.05) is 22.9 Å². The van der Waals surface area contributed by atoms with Crippen LogP contribution in [0.3, 0.4) is 0 Å². The van der Waals surface area contributed by atoms with E-state index in [0.29, 0.717) is 16.7 Å². The van der Waals surface area contributed by atoms with Gasteiger partial charge in [0.25, 0.3) is 0 Å². The normalized spacial score (nSPS) is 12.6. The van der Waals surface area contributed by atoms with Gasteiger partial charge >= 0.3 is 0 Å². The number of aliphatic hydroxyl groups excluding tert-OH is 1. The van der Waals surface area contributed by atoms with Crippen LogP contribution >= 0.6 is 11.8 Å². The van der Waals surface area contributed by atoms with Crippen LogP contribution in [0.2, 0.25) is 0 Å². The zero-order valence-electron chi connectivity index (χ0n) is 14.8. The van der Waals surface area contributed by atoms with Crippen LogP contribution in [-0.4, -0.2) is 42.4 Å². The highest BCUT2D eigenvalue weighted by Gasteiger charge is 2.12. The van der Waals surface area contributed by atoms with Gasteiger partial charge in [0, 0.05) is 11.8 Å². The summed E-state index contributed by atoms with van der Waals surface area (Å²) in [5.74, 6) is 1.35. The summed E-state index contributed by atoms with van der Waals surface area (Å²) in [6, 6.07) is 11.3. The fourth-order valence-corrected chi connectivity index (χ4v) is 3.59. The lowest BCUT2D eigenvalue weighted by Gasteiger charge is -2.17. The molecule has 1 aromatic heterocycles. The van der Waals surface area contributed by atoms with Crippen LogP contribution in [0.4, 0.5) is 11.6 Å². The highest BCUT2D eigenvalue weighted by molar-refractivity contribution is 7.98. The third kappa shape index (κ3) is 7.19. The van der Waals surface area contributed by atoms with E-state index >= 15 is 0 Å². The molecule has 1 heterocycles. The highest BCUT2D eigenvalue weighted by Crippen LogP contribution is 2.24. The summed E-state index contributed by atoms with van der Waals surface area (Å²) in [6.45, 7) is 2.00. The molecule has 0 aliphatic heterocycles. The molecule has 26 heavy (non-hydrogen) atoms. The maximum absolute atomic E-state index is 11.5. The third-order valence-corrected chi connectivity index (χ3v) is 4.91. The molecule has 0 aliphatic carbocycles. The topological polar surface area (TPSA) is 104 Å². The summed E-state index contributed by atoms with van der Waals surface area (Å²) in [4.78, 5) is 8.72. The Labute approximate surface area is 158 Å². The van der Waals surface area contributed by atoms with E-state index < -0.39 is 10.0 Å². The van der Waals surface area contributed by atoms with Crippen molar-refractivity contribution in [1.29, 1.82) is 0 Å². The van der Waals surface area contributed by atoms with Gasteiger partial charge in [-0.1, -0.05) is 55.4 Å². The maximum atomic E-state index is 11.5. The first-order valence-electron chi connectivity index (χ1n) is 8.30. The average Bonchev–Trinajstić information content (AvgIpc) is 2.59. The lowest BCUT2D eigenvalue weighted by atomic mass is 10.2. The van der Waals surface area contributed by atoms with Gasteiger partial charge in [-0.25, -0.2) is 18.4 Å². The largest absolute Gasteiger partial charge is 0.394 e. The molecule has 0 aliphatic rings. The second kappa shape index (κ2) is 9.75. The quantitative estimate of drug-likeness (QED) is 0.419. The predicted octanol–water partition coefficient (Wildman–Crippen LogP) is 2.71. The zero-order chi connectivity index (χ0) is 19.0. The maximum Gasteiger partial charge on any atom is 0.230 e. The van der Waals surface area contributed by atoms with Crippen molar-refractivity contribution < 1.29 is 13.5 Å². The van der Waals surface area contributed by atoms with Gasteiger partial charge in [-0.2, -0.15) is 0 Å². The van der Waals surface area contributed by atoms with Gasteiger partial charge in [0.2, 0.25) is 10.0 Å². The van der Waals surface area contributed by atoms with E-state index in [1.165, 1.54) is 17.8 Å². The fraction of sp³-hybridized carbons (Fsp3) is 0.412. The number of hydrogen-bond donors (Lipinski definition) is 3. The van der Waals surface area contributed by atoms with Gasteiger partial charge < -0.3 is 10.4 Å². The Morgan fingerprint density at radius 3 is 2.50 bits per heavy atom. The van der Waals surface area contributed by atoms with E-state index in [-0.39, 0.29) is 18.5 Å². The smallest absolute Gasteiger partial charge is 0.230 e. The van der Waals surface area contributed by atoms with Crippen molar-refractivity contribution in [3.05, 3.63) is 42.0 Å². The molecule has 1 unspecified atom stereocenters. The average molecular weight is 397 g/mol. The van der Waals surface area contributed by atoms with E-state index in [1.807, 2.05) is 37.3 Å². The third-order valence-electron chi connectivity index (χ3n) is 3.42. The summed E-state index contributed by atoms with van der Waals surface area (Å²) >= 11 is 1.42. The molecule has 9 heteroatoms. The van der Waals surface area contributed by atoms with Crippen LogP contribution in [0.5, 0.6) is 0 Å². The first-order chi connectivity index (χ1) is 12.4. The lowest BCUT2D eigenvalue weighted by molar-refractivity contribution is 0.268. The van der Waals surface area contributed by atoms with E-state index in [4.69, 9.17) is 0 Å². The number of hydrogen-bond acceptors (Lipinski definition) is 7. The van der Waals surface area contributed by atoms with Gasteiger partial charge in [0.15, 0.2) is 5.16 Å². The van der Waals surface area contributed by atoms with Crippen molar-refractivity contribution in [2.45, 2.75) is 36.7 Å². The van der Waals surface area contributed by atoms with Gasteiger partial charge in [0.05, 0.1) is 18.9 Å². The minimum absolute atomic E-state index is 0.0286. The molecule has 0 saturated carbocycles. The van der Waals surface area contributed by atoms with Gasteiger partial charge in [-0.15, -0.1) is 0 Å². The van der Waals surface area contributed by atoms with Crippen LogP contribution in [0, 0.1) is 0 Å². The second-order valence-corrected chi connectivity index (χ2v) is 8.57. The number of benzene rings is 1. The Bertz CT molecular complexity index is 801. The minimum Gasteiger partial charge on any atom is -0.394 e. The van der Waals surface area contributed by atoms with E-state index in [1.54, 1.807) is 0 Å². The Morgan fingerprint density at radius 1 is 1.19 bits per heavy atom. The van der Waals surface area contributed by atoms with Crippen molar-refractivity contribution in [2.24, 2.45) is 0 Å². The van der Waals surface area contributed by atoms with Crippen molar-refractivity contribution in [3.8, 4) is 0 Å². The number of sulfonamides is 1. The Balaban J connectivity index is 2.21. The van der Waals surface area contributed by atoms with E-state index in [2.05, 4.69) is 20.0 Å². The van der Waals surface area contributed by atoms with E-state index in [9.17, 15) is 13.5 Å². The van der Waals surface area contributed by atoms with E-state index in [0.717, 1.165) is 24.7 Å². The predicted molar refractivity (Wildman–Crippen MR) is 106 cm³/mol. The Hall–Kier alpha value is -1.84. The number of anilines is 2. The molecule has 0 saturated heterocycles. The first-order valence-corrected chi connectivity index (χ1v) is 11.2.